The van der Waals surface area contributed by atoms with E-state index in [0.717, 1.165) is 51.4 Å². The van der Waals surface area contributed by atoms with Crippen LogP contribution in [0.5, 0.6) is 0 Å². The molecule has 0 saturated carbocycles. The molecular weight excluding hydrogens is 669 g/mol. The Bertz CT molecular complexity index is 862. The quantitative estimate of drug-likeness (QED) is 0.0352. The molecule has 0 aromatic carbocycles. The molecular formula is C49H90O5. The van der Waals surface area contributed by atoms with Crippen molar-refractivity contribution in [2.24, 2.45) is 0 Å². The fraction of sp³-hybridized carbons (Fsp3) is 0.837. The van der Waals surface area contributed by atoms with Crippen LogP contribution in [0.25, 0.3) is 0 Å². The summed E-state index contributed by atoms with van der Waals surface area (Å²) in [6, 6.07) is 0. The zero-order valence-corrected chi connectivity index (χ0v) is 36.2. The monoisotopic (exact) mass is 759 g/mol. The van der Waals surface area contributed by atoms with Crippen LogP contribution in [-0.2, 0) is 23.8 Å². The molecule has 0 aliphatic heterocycles. The lowest BCUT2D eigenvalue weighted by atomic mass is 10.1. The lowest BCUT2D eigenvalue weighted by molar-refractivity contribution is -0.163. The van der Waals surface area contributed by atoms with Gasteiger partial charge in [-0.1, -0.05) is 192 Å². The second-order valence-electron chi connectivity index (χ2n) is 15.7. The Morgan fingerprint density at radius 3 is 1.33 bits per heavy atom. The Balaban J connectivity index is 4.19. The summed E-state index contributed by atoms with van der Waals surface area (Å²) in [5.41, 5.74) is 0. The van der Waals surface area contributed by atoms with E-state index < -0.39 is 6.10 Å². The number of carbonyl (C=O) groups is 2. The van der Waals surface area contributed by atoms with E-state index >= 15 is 0 Å². The van der Waals surface area contributed by atoms with Gasteiger partial charge >= 0.3 is 11.9 Å². The van der Waals surface area contributed by atoms with Crippen molar-refractivity contribution in [2.75, 3.05) is 19.8 Å². The first-order chi connectivity index (χ1) is 26.6. The molecule has 0 aromatic heterocycles. The minimum Gasteiger partial charge on any atom is -0.462 e. The maximum absolute atomic E-state index is 12.7. The average molecular weight is 759 g/mol. The summed E-state index contributed by atoms with van der Waals surface area (Å²) in [7, 11) is 0. The van der Waals surface area contributed by atoms with Crippen LogP contribution in [-0.4, -0.2) is 37.9 Å². The predicted octanol–water partition coefficient (Wildman–Crippen LogP) is 15.4. The minimum atomic E-state index is -0.535. The molecule has 0 N–H and O–H groups in total. The standard InChI is InChI=1S/C49H90O5/c1-4-7-10-13-16-19-21-23-24-25-26-27-28-31-33-36-39-42-48(50)53-46-47(54-49(51)43-40-37-34-30-18-15-12-9-6-3)45-52-44-41-38-35-32-29-22-20-17-14-11-8-5-2/h14,16-17,19,23-24,47H,4-13,15,18,20-22,25-46H2,1-3H3/b17-14-,19-16-,24-23-. The van der Waals surface area contributed by atoms with Crippen LogP contribution in [0.3, 0.4) is 0 Å². The second-order valence-corrected chi connectivity index (χ2v) is 15.7. The molecule has 0 aliphatic carbocycles. The molecule has 0 rings (SSSR count). The van der Waals surface area contributed by atoms with E-state index in [4.69, 9.17) is 14.2 Å². The minimum absolute atomic E-state index is 0.0823. The molecule has 5 nitrogen and oxygen atoms in total. The highest BCUT2D eigenvalue weighted by atomic mass is 16.6. The van der Waals surface area contributed by atoms with E-state index in [2.05, 4.69) is 57.2 Å². The molecule has 0 heterocycles. The average Bonchev–Trinajstić information content (AvgIpc) is 3.17. The molecule has 0 fully saturated rings. The number of hydrogen-bond acceptors (Lipinski definition) is 5. The summed E-state index contributed by atoms with van der Waals surface area (Å²) in [6.07, 6.45) is 52.8. The van der Waals surface area contributed by atoms with Crippen molar-refractivity contribution in [3.63, 3.8) is 0 Å². The fourth-order valence-electron chi connectivity index (χ4n) is 6.58. The first-order valence-electron chi connectivity index (χ1n) is 23.5. The molecule has 0 radical (unpaired) electrons. The molecule has 0 aromatic rings. The Kier molecular flexibility index (Phi) is 43.9. The molecule has 0 bridgehead atoms. The molecule has 0 aliphatic rings. The third-order valence-corrected chi connectivity index (χ3v) is 10.1. The zero-order valence-electron chi connectivity index (χ0n) is 36.2. The Morgan fingerprint density at radius 2 is 0.796 bits per heavy atom. The lowest BCUT2D eigenvalue weighted by Crippen LogP contribution is -2.30. The Morgan fingerprint density at radius 1 is 0.407 bits per heavy atom. The molecule has 316 valence electrons. The third kappa shape index (κ3) is 42.9. The zero-order chi connectivity index (χ0) is 39.3. The van der Waals surface area contributed by atoms with Crippen molar-refractivity contribution in [1.82, 2.24) is 0 Å². The summed E-state index contributed by atoms with van der Waals surface area (Å²) in [4.78, 5) is 25.2. The van der Waals surface area contributed by atoms with Crippen LogP contribution in [0, 0.1) is 0 Å². The Labute approximate surface area is 336 Å². The van der Waals surface area contributed by atoms with Crippen LogP contribution < -0.4 is 0 Å². The van der Waals surface area contributed by atoms with Crippen molar-refractivity contribution in [3.05, 3.63) is 36.5 Å². The topological polar surface area (TPSA) is 61.8 Å². The summed E-state index contributed by atoms with van der Waals surface area (Å²) < 4.78 is 17.3. The van der Waals surface area contributed by atoms with Crippen LogP contribution in [0.15, 0.2) is 36.5 Å². The second kappa shape index (κ2) is 45.5. The maximum atomic E-state index is 12.7. The SMILES string of the molecule is CCCC/C=C\CCCCCCCCOCC(COC(=O)CCCCCCCCC/C=C\C/C=C\CCCCC)OC(=O)CCCCCCCCCCC. The summed E-state index contributed by atoms with van der Waals surface area (Å²) in [5.74, 6) is -0.404. The number of hydrogen-bond donors (Lipinski definition) is 0. The van der Waals surface area contributed by atoms with Gasteiger partial charge in [-0.15, -0.1) is 0 Å². The van der Waals surface area contributed by atoms with Crippen molar-refractivity contribution in [3.8, 4) is 0 Å². The smallest absolute Gasteiger partial charge is 0.306 e. The number of esters is 2. The van der Waals surface area contributed by atoms with E-state index in [0.29, 0.717) is 19.4 Å². The Hall–Kier alpha value is -1.88. The van der Waals surface area contributed by atoms with Gasteiger partial charge in [0, 0.05) is 19.4 Å². The summed E-state index contributed by atoms with van der Waals surface area (Å²) >= 11 is 0. The van der Waals surface area contributed by atoms with Gasteiger partial charge in [0.1, 0.15) is 6.61 Å². The van der Waals surface area contributed by atoms with Gasteiger partial charge < -0.3 is 14.2 Å². The molecule has 0 saturated heterocycles. The highest BCUT2D eigenvalue weighted by Crippen LogP contribution is 2.14. The highest BCUT2D eigenvalue weighted by molar-refractivity contribution is 5.70. The lowest BCUT2D eigenvalue weighted by Gasteiger charge is -2.18. The van der Waals surface area contributed by atoms with Gasteiger partial charge in [-0.3, -0.25) is 9.59 Å². The number of ether oxygens (including phenoxy) is 3. The van der Waals surface area contributed by atoms with Crippen LogP contribution in [0.1, 0.15) is 239 Å². The number of carbonyl (C=O) groups excluding carboxylic acids is 2. The summed E-state index contributed by atoms with van der Waals surface area (Å²) in [6.45, 7) is 7.75. The van der Waals surface area contributed by atoms with Gasteiger partial charge in [-0.05, 0) is 70.6 Å². The molecule has 1 unspecified atom stereocenters. The normalized spacial score (nSPS) is 12.4. The van der Waals surface area contributed by atoms with E-state index in [9.17, 15) is 9.59 Å². The molecule has 54 heavy (non-hydrogen) atoms. The van der Waals surface area contributed by atoms with Crippen molar-refractivity contribution in [2.45, 2.75) is 245 Å². The number of rotatable bonds is 43. The van der Waals surface area contributed by atoms with Gasteiger partial charge in [0.15, 0.2) is 6.10 Å². The maximum Gasteiger partial charge on any atom is 0.306 e. The first kappa shape index (κ1) is 52.1. The number of unbranched alkanes of at least 4 members (excludes halogenated alkanes) is 26. The van der Waals surface area contributed by atoms with Crippen LogP contribution in [0.2, 0.25) is 0 Å². The van der Waals surface area contributed by atoms with Gasteiger partial charge in [0.25, 0.3) is 0 Å². The molecule has 1 atom stereocenters. The first-order valence-corrected chi connectivity index (χ1v) is 23.5. The molecule has 0 spiro atoms. The molecule has 0 amide bonds. The van der Waals surface area contributed by atoms with Gasteiger partial charge in [0.05, 0.1) is 6.61 Å². The van der Waals surface area contributed by atoms with Crippen molar-refractivity contribution < 1.29 is 23.8 Å². The van der Waals surface area contributed by atoms with Crippen molar-refractivity contribution >= 4 is 11.9 Å². The van der Waals surface area contributed by atoms with Crippen molar-refractivity contribution in [1.29, 1.82) is 0 Å². The van der Waals surface area contributed by atoms with E-state index in [1.807, 2.05) is 0 Å². The van der Waals surface area contributed by atoms with Crippen LogP contribution in [0.4, 0.5) is 0 Å². The van der Waals surface area contributed by atoms with Gasteiger partial charge in [-0.2, -0.15) is 0 Å². The summed E-state index contributed by atoms with van der Waals surface area (Å²) in [5, 5.41) is 0. The predicted molar refractivity (Wildman–Crippen MR) is 233 cm³/mol. The largest absolute Gasteiger partial charge is 0.462 e. The molecule has 5 heteroatoms. The van der Waals surface area contributed by atoms with Gasteiger partial charge in [-0.25, -0.2) is 0 Å². The van der Waals surface area contributed by atoms with Gasteiger partial charge in [0.2, 0.25) is 0 Å². The highest BCUT2D eigenvalue weighted by Gasteiger charge is 2.17. The van der Waals surface area contributed by atoms with E-state index in [-0.39, 0.29) is 25.2 Å². The third-order valence-electron chi connectivity index (χ3n) is 10.1. The van der Waals surface area contributed by atoms with E-state index in [1.165, 1.54) is 154 Å². The van der Waals surface area contributed by atoms with Crippen LogP contribution >= 0.6 is 0 Å². The van der Waals surface area contributed by atoms with E-state index in [1.54, 1.807) is 0 Å². The fourth-order valence-corrected chi connectivity index (χ4v) is 6.58. The number of allylic oxidation sites excluding steroid dienone is 6.